The number of ether oxygens (including phenoxy) is 1. The van der Waals surface area contributed by atoms with Gasteiger partial charge < -0.3 is 14.9 Å². The first-order valence-corrected chi connectivity index (χ1v) is 10.5. The fraction of sp³-hybridized carbons (Fsp3) is 0.550. The van der Waals surface area contributed by atoms with Crippen molar-refractivity contribution in [2.45, 2.75) is 44.8 Å². The third kappa shape index (κ3) is 10.6. The van der Waals surface area contributed by atoms with Crippen LogP contribution in [0.4, 0.5) is 26.3 Å². The van der Waals surface area contributed by atoms with E-state index >= 15 is 0 Å². The number of aromatic nitrogens is 5. The molecule has 3 rings (SSSR count). The first-order valence-electron chi connectivity index (χ1n) is 10.5. The lowest BCUT2D eigenvalue weighted by molar-refractivity contribution is -0.193. The van der Waals surface area contributed by atoms with Crippen LogP contribution in [0, 0.1) is 0 Å². The summed E-state index contributed by atoms with van der Waals surface area (Å²) in [6.07, 6.45) is -4.41. The maximum Gasteiger partial charge on any atom is 0.490 e. The number of rotatable bonds is 7. The van der Waals surface area contributed by atoms with Crippen molar-refractivity contribution in [2.24, 2.45) is 7.05 Å². The number of halogens is 6. The van der Waals surface area contributed by atoms with Gasteiger partial charge in [0.2, 0.25) is 0 Å². The molecule has 1 aliphatic heterocycles. The van der Waals surface area contributed by atoms with E-state index in [1.807, 2.05) is 22.6 Å². The maximum atomic E-state index is 10.6. The average molecular weight is 544 g/mol. The van der Waals surface area contributed by atoms with Gasteiger partial charge in [-0.15, -0.1) is 11.7 Å². The summed E-state index contributed by atoms with van der Waals surface area (Å²) in [6.45, 7) is 10.5. The van der Waals surface area contributed by atoms with Crippen LogP contribution in [-0.4, -0.2) is 83.9 Å². The quantitative estimate of drug-likeness (QED) is 0.306. The molecule has 1 unspecified atom stereocenters. The summed E-state index contributed by atoms with van der Waals surface area (Å²) in [7, 11) is 1.94. The van der Waals surface area contributed by atoms with E-state index in [1.54, 1.807) is 6.08 Å². The number of alkyl halides is 6. The van der Waals surface area contributed by atoms with Gasteiger partial charge in [0.25, 0.3) is 0 Å². The number of nitrogens with zero attached hydrogens (tertiary/aromatic N) is 6. The SMILES string of the molecule is C=CCOCC1CN(Cc2cnn(C)c2)Cc2nnn(CC)c21.O=C(O)C(F)(F)F.O=C(O)C(F)(F)F. The van der Waals surface area contributed by atoms with Crippen LogP contribution in [0.15, 0.2) is 25.0 Å². The van der Waals surface area contributed by atoms with E-state index in [2.05, 4.69) is 40.0 Å². The molecule has 0 bridgehead atoms. The van der Waals surface area contributed by atoms with Crippen molar-refractivity contribution >= 4 is 11.9 Å². The number of carboxylic acid groups (broad SMARTS) is 2. The third-order valence-electron chi connectivity index (χ3n) is 4.59. The molecule has 1 aliphatic rings. The number of fused-ring (bicyclic) bond motifs is 1. The Kier molecular flexibility index (Phi) is 11.7. The molecule has 1 atom stereocenters. The van der Waals surface area contributed by atoms with E-state index in [1.165, 1.54) is 11.3 Å². The molecule has 2 aromatic heterocycles. The van der Waals surface area contributed by atoms with Crippen molar-refractivity contribution in [1.29, 1.82) is 0 Å². The predicted octanol–water partition coefficient (Wildman–Crippen LogP) is 2.60. The van der Waals surface area contributed by atoms with Crippen LogP contribution >= 0.6 is 0 Å². The summed E-state index contributed by atoms with van der Waals surface area (Å²) in [5.41, 5.74) is 3.50. The second-order valence-electron chi connectivity index (χ2n) is 7.56. The molecule has 0 saturated heterocycles. The molecule has 37 heavy (non-hydrogen) atoms. The molecule has 208 valence electrons. The molecule has 0 radical (unpaired) electrons. The van der Waals surface area contributed by atoms with Crippen LogP contribution in [0.2, 0.25) is 0 Å². The highest BCUT2D eigenvalue weighted by Gasteiger charge is 2.39. The fourth-order valence-corrected chi connectivity index (χ4v) is 3.18. The Balaban J connectivity index is 0.000000404. The largest absolute Gasteiger partial charge is 0.490 e. The van der Waals surface area contributed by atoms with Crippen molar-refractivity contribution in [1.82, 2.24) is 29.7 Å². The van der Waals surface area contributed by atoms with Gasteiger partial charge in [-0.1, -0.05) is 11.3 Å². The molecule has 0 saturated carbocycles. The summed E-state index contributed by atoms with van der Waals surface area (Å²) in [5.74, 6) is -5.23. The van der Waals surface area contributed by atoms with Crippen LogP contribution in [0.1, 0.15) is 29.8 Å². The van der Waals surface area contributed by atoms with Gasteiger partial charge in [0.05, 0.1) is 25.1 Å². The summed E-state index contributed by atoms with van der Waals surface area (Å²) < 4.78 is 73.0. The van der Waals surface area contributed by atoms with Crippen molar-refractivity contribution < 1.29 is 50.9 Å². The Morgan fingerprint density at radius 1 is 1.19 bits per heavy atom. The highest BCUT2D eigenvalue weighted by molar-refractivity contribution is 5.73. The van der Waals surface area contributed by atoms with Gasteiger partial charge in [0.15, 0.2) is 0 Å². The molecule has 11 nitrogen and oxygen atoms in total. The normalized spacial score (nSPS) is 15.5. The van der Waals surface area contributed by atoms with Gasteiger partial charge in [-0.05, 0) is 6.92 Å². The number of aliphatic carboxylic acids is 2. The van der Waals surface area contributed by atoms with E-state index in [9.17, 15) is 26.3 Å². The van der Waals surface area contributed by atoms with Crippen LogP contribution in [0.5, 0.6) is 0 Å². The first kappa shape index (κ1) is 31.6. The van der Waals surface area contributed by atoms with Crippen LogP contribution < -0.4 is 0 Å². The second-order valence-corrected chi connectivity index (χ2v) is 7.56. The minimum atomic E-state index is -5.08. The van der Waals surface area contributed by atoms with Gasteiger partial charge in [-0.2, -0.15) is 31.4 Å². The Bertz CT molecular complexity index is 1010. The molecular formula is C20H26F6N6O5. The van der Waals surface area contributed by atoms with Gasteiger partial charge in [0.1, 0.15) is 5.69 Å². The highest BCUT2D eigenvalue weighted by atomic mass is 19.4. The zero-order valence-electron chi connectivity index (χ0n) is 19.8. The molecular weight excluding hydrogens is 518 g/mol. The Morgan fingerprint density at radius 2 is 1.76 bits per heavy atom. The zero-order chi connectivity index (χ0) is 28.4. The van der Waals surface area contributed by atoms with Crippen molar-refractivity contribution in [3.8, 4) is 0 Å². The zero-order valence-corrected chi connectivity index (χ0v) is 19.8. The van der Waals surface area contributed by atoms with Gasteiger partial charge in [0, 0.05) is 50.9 Å². The van der Waals surface area contributed by atoms with Gasteiger partial charge in [-0.25, -0.2) is 14.3 Å². The van der Waals surface area contributed by atoms with Gasteiger partial charge >= 0.3 is 24.3 Å². The molecule has 0 fully saturated rings. The average Bonchev–Trinajstić information content (AvgIpc) is 3.39. The predicted molar refractivity (Wildman–Crippen MR) is 114 cm³/mol. The number of carbonyl (C=O) groups is 2. The van der Waals surface area contributed by atoms with E-state index in [-0.39, 0.29) is 5.92 Å². The molecule has 0 aliphatic carbocycles. The second kappa shape index (κ2) is 13.7. The number of aryl methyl sites for hydroxylation is 2. The minimum Gasteiger partial charge on any atom is -0.475 e. The molecule has 0 amide bonds. The molecule has 0 aromatic carbocycles. The topological polar surface area (TPSA) is 136 Å². The molecule has 17 heteroatoms. The lowest BCUT2D eigenvalue weighted by atomic mass is 9.98. The maximum absolute atomic E-state index is 10.6. The third-order valence-corrected chi connectivity index (χ3v) is 4.59. The highest BCUT2D eigenvalue weighted by Crippen LogP contribution is 2.28. The Morgan fingerprint density at radius 3 is 2.19 bits per heavy atom. The fourth-order valence-electron chi connectivity index (χ4n) is 3.18. The van der Waals surface area contributed by atoms with Crippen molar-refractivity contribution in [3.63, 3.8) is 0 Å². The van der Waals surface area contributed by atoms with Crippen molar-refractivity contribution in [2.75, 3.05) is 19.8 Å². The summed E-state index contributed by atoms with van der Waals surface area (Å²) in [4.78, 5) is 20.2. The lowest BCUT2D eigenvalue weighted by Crippen LogP contribution is -2.36. The van der Waals surface area contributed by atoms with E-state index in [0.717, 1.165) is 31.9 Å². The summed E-state index contributed by atoms with van der Waals surface area (Å²) >= 11 is 0. The lowest BCUT2D eigenvalue weighted by Gasteiger charge is -2.32. The van der Waals surface area contributed by atoms with Crippen LogP contribution in [0.25, 0.3) is 0 Å². The molecule has 3 heterocycles. The summed E-state index contributed by atoms with van der Waals surface area (Å²) in [5, 5.41) is 27.2. The number of carboxylic acids is 2. The Hall–Kier alpha value is -3.47. The number of hydrogen-bond acceptors (Lipinski definition) is 7. The monoisotopic (exact) mass is 544 g/mol. The Labute approximate surface area is 206 Å². The van der Waals surface area contributed by atoms with E-state index in [0.29, 0.717) is 13.2 Å². The van der Waals surface area contributed by atoms with E-state index < -0.39 is 24.3 Å². The standard InChI is InChI=1S/C16H24N6O.2C2HF3O2/c1-4-6-23-12-14-10-21(9-13-7-17-20(3)8-13)11-15-16(14)22(5-2)19-18-15;2*3-2(4,5)1(6)7/h4,7-8,14H,1,5-6,9-12H2,2-3H3;2*(H,6,7). The molecule has 2 aromatic rings. The molecule has 2 N–H and O–H groups in total. The first-order chi connectivity index (χ1) is 17.1. The van der Waals surface area contributed by atoms with Crippen LogP contribution in [0.3, 0.4) is 0 Å². The smallest absolute Gasteiger partial charge is 0.475 e. The van der Waals surface area contributed by atoms with Crippen LogP contribution in [-0.2, 0) is 41.0 Å². The van der Waals surface area contributed by atoms with Crippen molar-refractivity contribution in [3.05, 3.63) is 42.0 Å². The molecule has 0 spiro atoms. The van der Waals surface area contributed by atoms with Gasteiger partial charge in [-0.3, -0.25) is 9.58 Å². The summed E-state index contributed by atoms with van der Waals surface area (Å²) in [6, 6.07) is 0. The minimum absolute atomic E-state index is 0.283. The number of hydrogen-bond donors (Lipinski definition) is 2. The van der Waals surface area contributed by atoms with E-state index in [4.69, 9.17) is 24.5 Å².